The Labute approximate surface area is 162 Å². The highest BCUT2D eigenvalue weighted by Gasteiger charge is 2.10. The van der Waals surface area contributed by atoms with Crippen LogP contribution in [0, 0.1) is 19.7 Å². The van der Waals surface area contributed by atoms with E-state index in [0.717, 1.165) is 16.8 Å². The molecule has 26 heavy (non-hydrogen) atoms. The van der Waals surface area contributed by atoms with Crippen LogP contribution in [0.4, 0.5) is 15.9 Å². The van der Waals surface area contributed by atoms with Crippen LogP contribution in [0.1, 0.15) is 16.7 Å². The molecule has 0 spiro atoms. The van der Waals surface area contributed by atoms with Gasteiger partial charge in [0.05, 0.1) is 6.54 Å². The highest BCUT2D eigenvalue weighted by Crippen LogP contribution is 2.22. The molecule has 0 saturated carbocycles. The van der Waals surface area contributed by atoms with Crippen molar-refractivity contribution in [1.82, 2.24) is 9.78 Å². The van der Waals surface area contributed by atoms with Crippen molar-refractivity contribution in [2.24, 2.45) is 0 Å². The predicted octanol–water partition coefficient (Wildman–Crippen LogP) is 5.15. The van der Waals surface area contributed by atoms with E-state index in [-0.39, 0.29) is 5.82 Å². The Bertz CT molecular complexity index is 954. The molecule has 4 nitrogen and oxygen atoms in total. The molecule has 2 N–H and O–H groups in total. The smallest absolute Gasteiger partial charge is 0.176 e. The van der Waals surface area contributed by atoms with Crippen molar-refractivity contribution in [3.63, 3.8) is 0 Å². The molecular weight excluding hydrogens is 371 g/mol. The Balaban J connectivity index is 1.69. The first-order valence-corrected chi connectivity index (χ1v) is 8.82. The maximum absolute atomic E-state index is 13.3. The summed E-state index contributed by atoms with van der Waals surface area (Å²) in [6.45, 7) is 4.49. The van der Waals surface area contributed by atoms with Crippen LogP contribution in [0.2, 0.25) is 5.02 Å². The van der Waals surface area contributed by atoms with Gasteiger partial charge in [-0.25, -0.2) is 4.39 Å². The fourth-order valence-corrected chi connectivity index (χ4v) is 2.94. The molecule has 0 bridgehead atoms. The number of rotatable bonds is 4. The second kappa shape index (κ2) is 7.85. The van der Waals surface area contributed by atoms with Crippen molar-refractivity contribution in [3.8, 4) is 0 Å². The van der Waals surface area contributed by atoms with Crippen LogP contribution in [0.3, 0.4) is 0 Å². The molecule has 1 aromatic heterocycles. The van der Waals surface area contributed by atoms with E-state index in [1.165, 1.54) is 17.7 Å². The molecular formula is C19H18ClFN4S. The average molecular weight is 389 g/mol. The summed E-state index contributed by atoms with van der Waals surface area (Å²) in [7, 11) is 0. The van der Waals surface area contributed by atoms with Crippen LogP contribution in [0.25, 0.3) is 0 Å². The summed E-state index contributed by atoms with van der Waals surface area (Å²) in [5.41, 5.74) is 4.03. The predicted molar refractivity (Wildman–Crippen MR) is 108 cm³/mol. The van der Waals surface area contributed by atoms with Gasteiger partial charge in [-0.1, -0.05) is 35.9 Å². The van der Waals surface area contributed by atoms with E-state index >= 15 is 0 Å². The van der Waals surface area contributed by atoms with Crippen molar-refractivity contribution >= 4 is 40.4 Å². The van der Waals surface area contributed by atoms with Gasteiger partial charge in [-0.05, 0) is 61.0 Å². The van der Waals surface area contributed by atoms with Crippen molar-refractivity contribution in [2.45, 2.75) is 20.4 Å². The lowest BCUT2D eigenvalue weighted by Gasteiger charge is -2.12. The summed E-state index contributed by atoms with van der Waals surface area (Å²) in [6.07, 6.45) is 1.68. The highest BCUT2D eigenvalue weighted by atomic mass is 35.5. The molecule has 1 heterocycles. The van der Waals surface area contributed by atoms with Gasteiger partial charge in [0.15, 0.2) is 10.9 Å². The Morgan fingerprint density at radius 1 is 1.19 bits per heavy atom. The second-order valence-electron chi connectivity index (χ2n) is 5.98. The summed E-state index contributed by atoms with van der Waals surface area (Å²) in [6, 6.07) is 12.3. The number of benzene rings is 2. The standard InChI is InChI=1S/C19H18ClFN4S/c1-12-5-3-8-17(13(12)2)22-19(26)23-18-16(20)11-25(24-18)10-14-6-4-7-15(21)9-14/h3-9,11H,10H2,1-2H3,(H2,22,23,24,26). The Hall–Kier alpha value is -2.44. The first-order valence-electron chi connectivity index (χ1n) is 8.04. The first kappa shape index (κ1) is 18.4. The normalized spacial score (nSPS) is 10.6. The van der Waals surface area contributed by atoms with Crippen molar-refractivity contribution < 1.29 is 4.39 Å². The van der Waals surface area contributed by atoms with Crippen molar-refractivity contribution in [3.05, 3.63) is 76.2 Å². The highest BCUT2D eigenvalue weighted by molar-refractivity contribution is 7.80. The van der Waals surface area contributed by atoms with Gasteiger partial charge in [0.25, 0.3) is 0 Å². The lowest BCUT2D eigenvalue weighted by molar-refractivity contribution is 0.619. The number of aryl methyl sites for hydroxylation is 1. The van der Waals surface area contributed by atoms with E-state index in [9.17, 15) is 4.39 Å². The molecule has 0 radical (unpaired) electrons. The largest absolute Gasteiger partial charge is 0.332 e. The number of hydrogen-bond donors (Lipinski definition) is 2. The molecule has 134 valence electrons. The number of thiocarbonyl (C=S) groups is 1. The zero-order valence-electron chi connectivity index (χ0n) is 14.4. The molecule has 0 unspecified atom stereocenters. The third kappa shape index (κ3) is 4.39. The minimum atomic E-state index is -0.280. The molecule has 0 atom stereocenters. The number of nitrogens with one attached hydrogen (secondary N) is 2. The maximum atomic E-state index is 13.3. The van der Waals surface area contributed by atoms with E-state index in [0.29, 0.717) is 22.5 Å². The van der Waals surface area contributed by atoms with Crippen LogP contribution in [-0.2, 0) is 6.54 Å². The van der Waals surface area contributed by atoms with Gasteiger partial charge in [0.2, 0.25) is 0 Å². The summed E-state index contributed by atoms with van der Waals surface area (Å²) in [4.78, 5) is 0. The fourth-order valence-electron chi connectivity index (χ4n) is 2.53. The average Bonchev–Trinajstić information content (AvgIpc) is 2.91. The van der Waals surface area contributed by atoms with Gasteiger partial charge in [0.1, 0.15) is 10.8 Å². The molecule has 3 aromatic rings. The van der Waals surface area contributed by atoms with Gasteiger partial charge < -0.3 is 10.6 Å². The Morgan fingerprint density at radius 2 is 1.96 bits per heavy atom. The Kier molecular flexibility index (Phi) is 5.54. The topological polar surface area (TPSA) is 41.9 Å². The van der Waals surface area contributed by atoms with E-state index < -0.39 is 0 Å². The monoisotopic (exact) mass is 388 g/mol. The van der Waals surface area contributed by atoms with E-state index in [1.807, 2.05) is 38.1 Å². The van der Waals surface area contributed by atoms with Crippen LogP contribution < -0.4 is 10.6 Å². The van der Waals surface area contributed by atoms with E-state index in [2.05, 4.69) is 15.7 Å². The van der Waals surface area contributed by atoms with Gasteiger partial charge in [-0.2, -0.15) is 5.10 Å². The van der Waals surface area contributed by atoms with Crippen molar-refractivity contribution in [1.29, 1.82) is 0 Å². The minimum Gasteiger partial charge on any atom is -0.332 e. The first-order chi connectivity index (χ1) is 12.4. The molecule has 2 aromatic carbocycles. The molecule has 0 fully saturated rings. The third-order valence-electron chi connectivity index (χ3n) is 4.04. The van der Waals surface area contributed by atoms with Crippen LogP contribution in [-0.4, -0.2) is 14.9 Å². The van der Waals surface area contributed by atoms with Gasteiger partial charge >= 0.3 is 0 Å². The quantitative estimate of drug-likeness (QED) is 0.606. The Morgan fingerprint density at radius 3 is 2.73 bits per heavy atom. The number of aromatic nitrogens is 2. The van der Waals surface area contributed by atoms with E-state index in [1.54, 1.807) is 16.9 Å². The third-order valence-corrected chi connectivity index (χ3v) is 4.52. The van der Waals surface area contributed by atoms with Crippen LogP contribution >= 0.6 is 23.8 Å². The van der Waals surface area contributed by atoms with Crippen molar-refractivity contribution in [2.75, 3.05) is 10.6 Å². The zero-order valence-corrected chi connectivity index (χ0v) is 16.0. The summed E-state index contributed by atoms with van der Waals surface area (Å²) < 4.78 is 14.9. The lowest BCUT2D eigenvalue weighted by Crippen LogP contribution is -2.20. The van der Waals surface area contributed by atoms with Crippen LogP contribution in [0.5, 0.6) is 0 Å². The lowest BCUT2D eigenvalue weighted by atomic mass is 10.1. The maximum Gasteiger partial charge on any atom is 0.176 e. The summed E-state index contributed by atoms with van der Waals surface area (Å²) in [5, 5.41) is 11.4. The number of hydrogen-bond acceptors (Lipinski definition) is 2. The van der Waals surface area contributed by atoms with Gasteiger partial charge in [-0.3, -0.25) is 4.68 Å². The van der Waals surface area contributed by atoms with Gasteiger partial charge in [-0.15, -0.1) is 0 Å². The molecule has 0 aliphatic rings. The number of anilines is 2. The zero-order chi connectivity index (χ0) is 18.7. The van der Waals surface area contributed by atoms with Crippen LogP contribution in [0.15, 0.2) is 48.7 Å². The van der Waals surface area contributed by atoms with E-state index in [4.69, 9.17) is 23.8 Å². The molecule has 0 aliphatic carbocycles. The number of halogens is 2. The molecule has 3 rings (SSSR count). The summed E-state index contributed by atoms with van der Waals surface area (Å²) in [5.74, 6) is 0.170. The van der Waals surface area contributed by atoms with Gasteiger partial charge in [0, 0.05) is 11.9 Å². The molecule has 0 amide bonds. The fraction of sp³-hybridized carbons (Fsp3) is 0.158. The second-order valence-corrected chi connectivity index (χ2v) is 6.80. The SMILES string of the molecule is Cc1cccc(NC(=S)Nc2nn(Cc3cccc(F)c3)cc2Cl)c1C. The molecule has 0 saturated heterocycles. The summed E-state index contributed by atoms with van der Waals surface area (Å²) >= 11 is 11.6. The molecule has 7 heteroatoms. The minimum absolute atomic E-state index is 0.280. The number of nitrogens with zero attached hydrogens (tertiary/aromatic N) is 2. The molecule has 0 aliphatic heterocycles.